The summed E-state index contributed by atoms with van der Waals surface area (Å²) in [5.41, 5.74) is 0.440. The molecule has 0 aliphatic carbocycles. The van der Waals surface area contributed by atoms with Crippen LogP contribution in [0.1, 0.15) is 31.9 Å². The van der Waals surface area contributed by atoms with Gasteiger partial charge in [0.25, 0.3) is 0 Å². The van der Waals surface area contributed by atoms with E-state index in [1.54, 1.807) is 25.2 Å². The smallest absolute Gasteiger partial charge is 0.416 e. The minimum atomic E-state index is -4.43. The van der Waals surface area contributed by atoms with Crippen LogP contribution in [-0.4, -0.2) is 17.7 Å². The maximum Gasteiger partial charge on any atom is 0.416 e. The van der Waals surface area contributed by atoms with Crippen LogP contribution in [0.25, 0.3) is 6.08 Å². The van der Waals surface area contributed by atoms with E-state index in [1.165, 1.54) is 6.07 Å². The Balaban J connectivity index is 2.48. The number of carboxylic acid groups (broad SMARTS) is 1. The van der Waals surface area contributed by atoms with E-state index < -0.39 is 23.1 Å². The average molecular weight is 352 g/mol. The average Bonchev–Trinajstić information content (AvgIpc) is 2.59. The first-order valence-corrected chi connectivity index (χ1v) is 7.64. The van der Waals surface area contributed by atoms with Crippen molar-refractivity contribution in [3.63, 3.8) is 0 Å². The Kier molecular flexibility index (Phi) is 5.11. The Morgan fingerprint density at radius 3 is 2.60 bits per heavy atom. The highest BCUT2D eigenvalue weighted by Gasteiger charge is 2.32. The number of ether oxygens (including phenoxy) is 1. The fraction of sp³-hybridized carbons (Fsp3) is 0.316. The number of rotatable bonds is 3. The first-order chi connectivity index (χ1) is 11.5. The van der Waals surface area contributed by atoms with Gasteiger partial charge in [-0.15, -0.1) is 0 Å². The lowest BCUT2D eigenvalue weighted by molar-refractivity contribution is -0.137. The summed E-state index contributed by atoms with van der Waals surface area (Å²) in [4.78, 5) is 10.7. The van der Waals surface area contributed by atoms with E-state index in [0.717, 1.165) is 23.8 Å². The largest absolute Gasteiger partial charge is 0.492 e. The predicted molar refractivity (Wildman–Crippen MR) is 89.2 cm³/mol. The highest BCUT2D eigenvalue weighted by atomic mass is 19.4. The van der Waals surface area contributed by atoms with Crippen molar-refractivity contribution in [3.8, 4) is 5.75 Å². The molecular formula is C19H19F3O3. The van der Waals surface area contributed by atoms with Crippen molar-refractivity contribution in [1.29, 1.82) is 0 Å². The van der Waals surface area contributed by atoms with Gasteiger partial charge in [-0.25, -0.2) is 4.79 Å². The zero-order chi connectivity index (χ0) is 18.8. The predicted octanol–water partition coefficient (Wildman–Crippen LogP) is 5.09. The molecule has 0 saturated carbocycles. The van der Waals surface area contributed by atoms with Crippen molar-refractivity contribution in [2.24, 2.45) is 5.41 Å². The summed E-state index contributed by atoms with van der Waals surface area (Å²) >= 11 is 0. The summed E-state index contributed by atoms with van der Waals surface area (Å²) in [7, 11) is 0. The normalized spacial score (nSPS) is 17.5. The fourth-order valence-corrected chi connectivity index (χ4v) is 2.41. The number of fused-ring (bicyclic) bond motifs is 1. The third-order valence-corrected chi connectivity index (χ3v) is 3.90. The van der Waals surface area contributed by atoms with E-state index >= 15 is 0 Å². The first kappa shape index (κ1) is 18.8. The molecule has 0 saturated heterocycles. The molecule has 0 aromatic heterocycles. The Hall–Kier alpha value is -2.50. The van der Waals surface area contributed by atoms with Crippen LogP contribution in [0.15, 0.2) is 47.6 Å². The van der Waals surface area contributed by atoms with Crippen LogP contribution in [0.3, 0.4) is 0 Å². The van der Waals surface area contributed by atoms with Crippen molar-refractivity contribution in [1.82, 2.24) is 0 Å². The third kappa shape index (κ3) is 4.75. The van der Waals surface area contributed by atoms with E-state index in [2.05, 4.69) is 0 Å². The fourth-order valence-electron chi connectivity index (χ4n) is 2.41. The molecule has 0 unspecified atom stereocenters. The zero-order valence-corrected chi connectivity index (χ0v) is 14.1. The second-order valence-corrected chi connectivity index (χ2v) is 6.58. The van der Waals surface area contributed by atoms with Gasteiger partial charge >= 0.3 is 12.1 Å². The molecule has 3 nitrogen and oxygen atoms in total. The molecule has 25 heavy (non-hydrogen) atoms. The maximum atomic E-state index is 12.9. The van der Waals surface area contributed by atoms with Gasteiger partial charge in [-0.2, -0.15) is 13.2 Å². The number of hydrogen-bond acceptors (Lipinski definition) is 2. The molecule has 0 radical (unpaired) electrons. The van der Waals surface area contributed by atoms with Crippen LogP contribution < -0.4 is 4.74 Å². The van der Waals surface area contributed by atoms with E-state index in [4.69, 9.17) is 9.84 Å². The van der Waals surface area contributed by atoms with Crippen LogP contribution >= 0.6 is 0 Å². The van der Waals surface area contributed by atoms with E-state index in [9.17, 15) is 18.0 Å². The Bertz CT molecular complexity index is 769. The molecular weight excluding hydrogens is 333 g/mol. The van der Waals surface area contributed by atoms with Crippen molar-refractivity contribution >= 4 is 12.0 Å². The lowest BCUT2D eigenvalue weighted by atomic mass is 9.84. The van der Waals surface area contributed by atoms with Crippen LogP contribution in [0.2, 0.25) is 0 Å². The number of alkyl halides is 3. The van der Waals surface area contributed by atoms with Gasteiger partial charge in [-0.05, 0) is 42.3 Å². The molecule has 1 aliphatic heterocycles. The highest BCUT2D eigenvalue weighted by Crippen LogP contribution is 2.39. The standard InChI is InChI=1S/C19H19F3O3/c1-12(8-17(23)24)4-5-14-9-13-10-15(19(20,21)22)6-7-16(13)25-11-18(14,2)3/h4-10H,11H2,1-3H3,(H,23,24)/b5-4+,12-8+. The van der Waals surface area contributed by atoms with Crippen LogP contribution in [0.5, 0.6) is 5.75 Å². The number of aliphatic carboxylic acids is 1. The molecule has 0 bridgehead atoms. The number of allylic oxidation sites excluding steroid dienone is 3. The highest BCUT2D eigenvalue weighted by molar-refractivity contribution is 5.81. The topological polar surface area (TPSA) is 46.5 Å². The lowest BCUT2D eigenvalue weighted by Gasteiger charge is -2.24. The maximum absolute atomic E-state index is 12.9. The molecule has 2 rings (SSSR count). The second-order valence-electron chi connectivity index (χ2n) is 6.58. The minimum Gasteiger partial charge on any atom is -0.492 e. The van der Waals surface area contributed by atoms with Crippen LogP contribution in [0, 0.1) is 5.41 Å². The number of carbonyl (C=O) groups is 1. The van der Waals surface area contributed by atoms with Gasteiger partial charge in [0.05, 0.1) is 12.2 Å². The van der Waals surface area contributed by atoms with Crippen molar-refractivity contribution in [3.05, 3.63) is 58.7 Å². The number of halogens is 3. The van der Waals surface area contributed by atoms with Gasteiger partial charge in [-0.3, -0.25) is 0 Å². The number of benzene rings is 1. The third-order valence-electron chi connectivity index (χ3n) is 3.90. The van der Waals surface area contributed by atoms with Gasteiger partial charge in [0.15, 0.2) is 0 Å². The van der Waals surface area contributed by atoms with E-state index in [-0.39, 0.29) is 0 Å². The van der Waals surface area contributed by atoms with Crippen LogP contribution in [-0.2, 0) is 11.0 Å². The molecule has 1 aliphatic rings. The van der Waals surface area contributed by atoms with Gasteiger partial charge in [-0.1, -0.05) is 26.0 Å². The Labute approximate surface area is 144 Å². The minimum absolute atomic E-state index is 0.295. The summed E-state index contributed by atoms with van der Waals surface area (Å²) in [6.07, 6.45) is 1.63. The number of hydrogen-bond donors (Lipinski definition) is 1. The molecule has 0 fully saturated rings. The summed E-state index contributed by atoms with van der Waals surface area (Å²) in [6, 6.07) is 3.39. The van der Waals surface area contributed by atoms with Crippen molar-refractivity contribution < 1.29 is 27.8 Å². The monoisotopic (exact) mass is 352 g/mol. The molecule has 0 spiro atoms. The van der Waals surface area contributed by atoms with Crippen molar-refractivity contribution in [2.45, 2.75) is 26.9 Å². The van der Waals surface area contributed by atoms with Gasteiger partial charge in [0.1, 0.15) is 5.75 Å². The summed E-state index contributed by atoms with van der Waals surface area (Å²) in [5.74, 6) is -0.665. The molecule has 134 valence electrons. The Morgan fingerprint density at radius 1 is 1.32 bits per heavy atom. The number of carboxylic acids is 1. The molecule has 1 N–H and O–H groups in total. The zero-order valence-electron chi connectivity index (χ0n) is 14.1. The van der Waals surface area contributed by atoms with Gasteiger partial charge < -0.3 is 9.84 Å². The van der Waals surface area contributed by atoms with Gasteiger partial charge in [0, 0.05) is 17.1 Å². The molecule has 0 amide bonds. The first-order valence-electron chi connectivity index (χ1n) is 7.64. The van der Waals surface area contributed by atoms with E-state index in [0.29, 0.717) is 23.5 Å². The molecule has 1 aromatic rings. The molecule has 0 atom stereocenters. The Morgan fingerprint density at radius 2 is 2.00 bits per heavy atom. The van der Waals surface area contributed by atoms with Gasteiger partial charge in [0.2, 0.25) is 0 Å². The van der Waals surface area contributed by atoms with Crippen molar-refractivity contribution in [2.75, 3.05) is 6.61 Å². The summed E-state index contributed by atoms with van der Waals surface area (Å²) in [5, 5.41) is 8.75. The summed E-state index contributed by atoms with van der Waals surface area (Å²) in [6.45, 7) is 5.76. The quantitative estimate of drug-likeness (QED) is 0.608. The summed E-state index contributed by atoms with van der Waals surface area (Å²) < 4.78 is 44.5. The van der Waals surface area contributed by atoms with Crippen LogP contribution in [0.4, 0.5) is 13.2 Å². The molecule has 6 heteroatoms. The molecule has 1 aromatic carbocycles. The van der Waals surface area contributed by atoms with E-state index in [1.807, 2.05) is 13.8 Å². The second kappa shape index (κ2) is 6.78. The lowest BCUT2D eigenvalue weighted by Crippen LogP contribution is -2.21. The molecule has 1 heterocycles. The SMILES string of the molecule is CC(/C=C/C1=Cc2cc(C(F)(F)F)ccc2OCC1(C)C)=C\C(=O)O.